The number of fused-ring (bicyclic) bond motifs is 1. The Labute approximate surface area is 168 Å². The predicted molar refractivity (Wildman–Crippen MR) is 109 cm³/mol. The molecule has 10 heteroatoms. The van der Waals surface area contributed by atoms with Gasteiger partial charge in [-0.1, -0.05) is 12.1 Å². The molecule has 0 saturated carbocycles. The Bertz CT molecular complexity index is 1170. The zero-order valence-electron chi connectivity index (χ0n) is 16.0. The first-order valence-corrected chi connectivity index (χ1v) is 10.3. The van der Waals surface area contributed by atoms with E-state index in [4.69, 9.17) is 4.74 Å². The summed E-state index contributed by atoms with van der Waals surface area (Å²) in [5.74, 6) is -0.0221. The van der Waals surface area contributed by atoms with Gasteiger partial charge in [0.25, 0.3) is 5.56 Å². The van der Waals surface area contributed by atoms with Gasteiger partial charge >= 0.3 is 0 Å². The number of nitrogens with one attached hydrogen (secondary N) is 2. The number of aromatic hydroxyl groups is 1. The summed E-state index contributed by atoms with van der Waals surface area (Å²) in [4.78, 5) is 19.8. The highest BCUT2D eigenvalue weighted by Gasteiger charge is 2.25. The number of likely N-dealkylation sites (N-methyl/N-ethyl adjacent to an activating group) is 1. The van der Waals surface area contributed by atoms with Gasteiger partial charge in [-0.05, 0) is 43.9 Å². The first-order chi connectivity index (χ1) is 13.8. The van der Waals surface area contributed by atoms with Crippen molar-refractivity contribution in [1.82, 2.24) is 19.6 Å². The van der Waals surface area contributed by atoms with E-state index in [1.807, 2.05) is 19.0 Å². The average molecular weight is 418 g/mol. The summed E-state index contributed by atoms with van der Waals surface area (Å²) in [5, 5.41) is 10.5. The molecule has 3 N–H and O–H groups in total. The van der Waals surface area contributed by atoms with Gasteiger partial charge in [-0.2, -0.15) is 0 Å². The molecule has 3 rings (SSSR count). The van der Waals surface area contributed by atoms with Gasteiger partial charge in [-0.15, -0.1) is 0 Å². The summed E-state index contributed by atoms with van der Waals surface area (Å²) in [5.41, 5.74) is -0.187. The molecule has 0 spiro atoms. The second-order valence-electron chi connectivity index (χ2n) is 6.66. The third-order valence-corrected chi connectivity index (χ3v) is 5.60. The van der Waals surface area contributed by atoms with Crippen LogP contribution >= 0.6 is 0 Å². The van der Waals surface area contributed by atoms with Crippen LogP contribution in [0.15, 0.2) is 52.3 Å². The number of H-pyrrole nitrogens is 1. The minimum absolute atomic E-state index is 0.0723. The molecular weight excluding hydrogens is 396 g/mol. The minimum atomic E-state index is -4.27. The van der Waals surface area contributed by atoms with Crippen molar-refractivity contribution in [2.45, 2.75) is 11.4 Å². The fourth-order valence-electron chi connectivity index (χ4n) is 2.68. The molecule has 0 radical (unpaired) electrons. The number of pyridine rings is 2. The summed E-state index contributed by atoms with van der Waals surface area (Å²) in [7, 11) is -0.393. The number of sulfonamides is 1. The van der Waals surface area contributed by atoms with Gasteiger partial charge in [0, 0.05) is 19.3 Å². The predicted octanol–water partition coefficient (Wildman–Crippen LogP) is 1.05. The van der Waals surface area contributed by atoms with Crippen LogP contribution in [0.3, 0.4) is 0 Å². The van der Waals surface area contributed by atoms with Crippen molar-refractivity contribution in [1.29, 1.82) is 0 Å². The van der Waals surface area contributed by atoms with E-state index in [2.05, 4.69) is 14.7 Å². The SMILES string of the molecule is CN(C)CCOc1cccc(CNS(=O)(=O)c2c(O)c3cccnc3[nH]c2=O)c1. The molecular formula is C19H22N4O5S. The number of aromatic nitrogens is 2. The molecule has 9 nitrogen and oxygen atoms in total. The van der Waals surface area contributed by atoms with Crippen LogP contribution in [0, 0.1) is 0 Å². The van der Waals surface area contributed by atoms with Gasteiger partial charge in [0.1, 0.15) is 18.0 Å². The third kappa shape index (κ3) is 4.91. The Morgan fingerprint density at radius 1 is 1.24 bits per heavy atom. The van der Waals surface area contributed by atoms with Crippen molar-refractivity contribution >= 4 is 21.1 Å². The maximum atomic E-state index is 12.7. The van der Waals surface area contributed by atoms with Crippen molar-refractivity contribution in [3.8, 4) is 11.5 Å². The number of nitrogens with zero attached hydrogens (tertiary/aromatic N) is 2. The maximum absolute atomic E-state index is 12.7. The molecule has 0 aliphatic rings. The van der Waals surface area contributed by atoms with Crippen molar-refractivity contribution in [3.63, 3.8) is 0 Å². The Hall–Kier alpha value is -2.95. The molecule has 3 aromatic rings. The standard InChI is InChI=1S/C19H22N4O5S/c1-23(2)9-10-28-14-6-3-5-13(11-14)12-21-29(26,27)17-16(24)15-7-4-8-20-18(15)22-19(17)25/h3-8,11,21H,9-10,12H2,1-2H3,(H2,20,22,24,25). The maximum Gasteiger partial charge on any atom is 0.273 e. The van der Waals surface area contributed by atoms with E-state index in [0.29, 0.717) is 17.9 Å². The lowest BCUT2D eigenvalue weighted by atomic mass is 10.2. The molecule has 0 aliphatic heterocycles. The van der Waals surface area contributed by atoms with Crippen LogP contribution in [0.4, 0.5) is 0 Å². The van der Waals surface area contributed by atoms with Gasteiger partial charge < -0.3 is 19.7 Å². The van der Waals surface area contributed by atoms with E-state index in [1.165, 1.54) is 18.3 Å². The lowest BCUT2D eigenvalue weighted by molar-refractivity contribution is 0.261. The van der Waals surface area contributed by atoms with Crippen LogP contribution in [0.5, 0.6) is 11.5 Å². The highest BCUT2D eigenvalue weighted by Crippen LogP contribution is 2.26. The number of hydrogen-bond donors (Lipinski definition) is 3. The molecule has 0 saturated heterocycles. The molecule has 0 atom stereocenters. The van der Waals surface area contributed by atoms with E-state index in [1.54, 1.807) is 24.3 Å². The molecule has 0 aliphatic carbocycles. The normalized spacial score (nSPS) is 11.8. The summed E-state index contributed by atoms with van der Waals surface area (Å²) in [6.45, 7) is 1.17. The first kappa shape index (κ1) is 20.8. The van der Waals surface area contributed by atoms with Crippen molar-refractivity contribution in [2.75, 3.05) is 27.2 Å². The van der Waals surface area contributed by atoms with E-state index < -0.39 is 26.2 Å². The molecule has 0 fully saturated rings. The second kappa shape index (κ2) is 8.60. The number of ether oxygens (including phenoxy) is 1. The monoisotopic (exact) mass is 418 g/mol. The Morgan fingerprint density at radius 3 is 2.79 bits per heavy atom. The van der Waals surface area contributed by atoms with E-state index >= 15 is 0 Å². The Morgan fingerprint density at radius 2 is 2.03 bits per heavy atom. The van der Waals surface area contributed by atoms with E-state index in [-0.39, 0.29) is 17.6 Å². The molecule has 2 heterocycles. The van der Waals surface area contributed by atoms with Crippen LogP contribution in [0.1, 0.15) is 5.56 Å². The van der Waals surface area contributed by atoms with Gasteiger partial charge in [-0.3, -0.25) is 4.79 Å². The fraction of sp³-hybridized carbons (Fsp3) is 0.263. The molecule has 0 amide bonds. The summed E-state index contributed by atoms with van der Waals surface area (Å²) in [6.07, 6.45) is 1.43. The van der Waals surface area contributed by atoms with E-state index in [9.17, 15) is 18.3 Å². The van der Waals surface area contributed by atoms with Crippen molar-refractivity contribution in [2.24, 2.45) is 0 Å². The zero-order chi connectivity index (χ0) is 21.0. The lowest BCUT2D eigenvalue weighted by Crippen LogP contribution is -2.29. The number of benzene rings is 1. The largest absolute Gasteiger partial charge is 0.506 e. The average Bonchev–Trinajstić information content (AvgIpc) is 2.66. The quantitative estimate of drug-likeness (QED) is 0.499. The molecule has 29 heavy (non-hydrogen) atoms. The molecule has 1 aromatic carbocycles. The fourth-order valence-corrected chi connectivity index (χ4v) is 3.84. The van der Waals surface area contributed by atoms with Crippen LogP contribution in [0.25, 0.3) is 11.0 Å². The van der Waals surface area contributed by atoms with Crippen molar-refractivity contribution < 1.29 is 18.3 Å². The van der Waals surface area contributed by atoms with Gasteiger partial charge in [0.2, 0.25) is 10.0 Å². The van der Waals surface area contributed by atoms with Crippen LogP contribution in [0.2, 0.25) is 0 Å². The van der Waals surface area contributed by atoms with Gasteiger partial charge in [0.15, 0.2) is 10.6 Å². The minimum Gasteiger partial charge on any atom is -0.506 e. The summed E-state index contributed by atoms with van der Waals surface area (Å²) < 4.78 is 33.3. The van der Waals surface area contributed by atoms with Crippen LogP contribution < -0.4 is 15.0 Å². The highest BCUT2D eigenvalue weighted by molar-refractivity contribution is 7.89. The molecule has 0 bridgehead atoms. The van der Waals surface area contributed by atoms with Crippen molar-refractivity contribution in [3.05, 3.63) is 58.5 Å². The van der Waals surface area contributed by atoms with Crippen LogP contribution in [-0.2, 0) is 16.6 Å². The van der Waals surface area contributed by atoms with Crippen LogP contribution in [-0.4, -0.2) is 55.6 Å². The second-order valence-corrected chi connectivity index (χ2v) is 8.36. The van der Waals surface area contributed by atoms with E-state index in [0.717, 1.165) is 6.54 Å². The topological polar surface area (TPSA) is 125 Å². The van der Waals surface area contributed by atoms with Gasteiger partial charge in [0.05, 0.1) is 5.39 Å². The zero-order valence-corrected chi connectivity index (χ0v) is 16.9. The number of aromatic amines is 1. The first-order valence-electron chi connectivity index (χ1n) is 8.84. The Balaban J connectivity index is 1.79. The summed E-state index contributed by atoms with van der Waals surface area (Å²) >= 11 is 0. The molecule has 2 aromatic heterocycles. The summed E-state index contributed by atoms with van der Waals surface area (Å²) in [6, 6.07) is 9.98. The number of rotatable bonds is 8. The number of hydrogen-bond acceptors (Lipinski definition) is 7. The third-order valence-electron chi connectivity index (χ3n) is 4.16. The molecule has 154 valence electrons. The molecule has 0 unspecified atom stereocenters. The van der Waals surface area contributed by atoms with Gasteiger partial charge in [-0.25, -0.2) is 18.1 Å². The highest BCUT2D eigenvalue weighted by atomic mass is 32.2. The Kier molecular flexibility index (Phi) is 6.16. The lowest BCUT2D eigenvalue weighted by Gasteiger charge is -2.12. The smallest absolute Gasteiger partial charge is 0.273 e.